The zero-order valence-corrected chi connectivity index (χ0v) is 19.1. The molecule has 1 aliphatic heterocycles. The third kappa shape index (κ3) is 4.77. The van der Waals surface area contributed by atoms with Gasteiger partial charge >= 0.3 is 0 Å². The number of pyridine rings is 1. The Morgan fingerprint density at radius 1 is 0.970 bits per heavy atom. The molecule has 2 aromatic heterocycles. The van der Waals surface area contributed by atoms with Gasteiger partial charge in [-0.15, -0.1) is 0 Å². The summed E-state index contributed by atoms with van der Waals surface area (Å²) in [6.07, 6.45) is 5.39. The minimum atomic E-state index is 0.0568. The standard InChI is InChI=1S/C26H26ClN5O/c27-20-6-5-7-22(18-20)31(25-10-3-4-13-28-25)17-16-30-14-11-21(12-15-30)32-19-29-24-9-2-1-8-23(24)26(32)33/h1-10,13,18-19,21H,11-12,14-17H2. The fourth-order valence-corrected chi connectivity index (χ4v) is 4.72. The summed E-state index contributed by atoms with van der Waals surface area (Å²) in [5.41, 5.74) is 1.85. The number of para-hydroxylation sites is 1. The number of nitrogens with zero attached hydrogens (tertiary/aromatic N) is 5. The highest BCUT2D eigenvalue weighted by Gasteiger charge is 2.23. The molecule has 0 bridgehead atoms. The van der Waals surface area contributed by atoms with E-state index in [1.807, 2.05) is 71.4 Å². The van der Waals surface area contributed by atoms with E-state index in [1.54, 1.807) is 6.33 Å². The average Bonchev–Trinajstić information content (AvgIpc) is 2.86. The van der Waals surface area contributed by atoms with Crippen LogP contribution in [0.3, 0.4) is 0 Å². The van der Waals surface area contributed by atoms with Gasteiger partial charge in [0.2, 0.25) is 0 Å². The van der Waals surface area contributed by atoms with Crippen molar-refractivity contribution < 1.29 is 0 Å². The van der Waals surface area contributed by atoms with Crippen LogP contribution >= 0.6 is 11.6 Å². The van der Waals surface area contributed by atoms with E-state index >= 15 is 0 Å². The lowest BCUT2D eigenvalue weighted by Gasteiger charge is -2.34. The molecule has 0 N–H and O–H groups in total. The molecule has 0 aliphatic carbocycles. The van der Waals surface area contributed by atoms with Crippen LogP contribution in [0, 0.1) is 0 Å². The molecule has 0 atom stereocenters. The smallest absolute Gasteiger partial charge is 0.261 e. The van der Waals surface area contributed by atoms with Crippen LogP contribution in [0.5, 0.6) is 0 Å². The summed E-state index contributed by atoms with van der Waals surface area (Å²) in [7, 11) is 0. The quantitative estimate of drug-likeness (QED) is 0.409. The Hall–Kier alpha value is -3.22. The van der Waals surface area contributed by atoms with Crippen LogP contribution < -0.4 is 10.5 Å². The first kappa shape index (κ1) is 21.6. The number of hydrogen-bond donors (Lipinski definition) is 0. The largest absolute Gasteiger partial charge is 0.325 e. The van der Waals surface area contributed by atoms with Crippen LogP contribution in [0.15, 0.2) is 84.0 Å². The maximum absolute atomic E-state index is 13.0. The minimum absolute atomic E-state index is 0.0568. The van der Waals surface area contributed by atoms with Crippen molar-refractivity contribution in [1.82, 2.24) is 19.4 Å². The Balaban J connectivity index is 1.26. The van der Waals surface area contributed by atoms with Crippen molar-refractivity contribution in [3.63, 3.8) is 0 Å². The molecular formula is C26H26ClN5O. The SMILES string of the molecule is O=c1c2ccccc2ncn1C1CCN(CCN(c2cccc(Cl)c2)c2ccccn2)CC1. The summed E-state index contributed by atoms with van der Waals surface area (Å²) < 4.78 is 1.83. The van der Waals surface area contributed by atoms with Gasteiger partial charge in [0.05, 0.1) is 17.2 Å². The second-order valence-electron chi connectivity index (χ2n) is 8.37. The van der Waals surface area contributed by atoms with E-state index in [1.165, 1.54) is 0 Å². The Morgan fingerprint density at radius 3 is 2.58 bits per heavy atom. The fourth-order valence-electron chi connectivity index (χ4n) is 4.54. The first-order chi connectivity index (χ1) is 16.2. The van der Waals surface area contributed by atoms with Crippen LogP contribution in [-0.2, 0) is 0 Å². The molecule has 1 aliphatic rings. The number of likely N-dealkylation sites (tertiary alicyclic amines) is 1. The normalized spacial score (nSPS) is 15.1. The van der Waals surface area contributed by atoms with Crippen molar-refractivity contribution in [2.75, 3.05) is 31.1 Å². The van der Waals surface area contributed by atoms with Crippen LogP contribution in [0.4, 0.5) is 11.5 Å². The molecule has 7 heteroatoms. The Labute approximate surface area is 198 Å². The van der Waals surface area contributed by atoms with E-state index in [2.05, 4.69) is 25.8 Å². The summed E-state index contributed by atoms with van der Waals surface area (Å²) in [6, 6.07) is 21.6. The highest BCUT2D eigenvalue weighted by atomic mass is 35.5. The fraction of sp³-hybridized carbons (Fsp3) is 0.269. The number of anilines is 2. The van der Waals surface area contributed by atoms with Crippen LogP contribution in [-0.4, -0.2) is 45.6 Å². The molecule has 0 saturated carbocycles. The summed E-state index contributed by atoms with van der Waals surface area (Å²) in [4.78, 5) is 26.7. The number of fused-ring (bicyclic) bond motifs is 1. The van der Waals surface area contributed by atoms with Crippen molar-refractivity contribution in [3.8, 4) is 0 Å². The van der Waals surface area contributed by atoms with E-state index in [9.17, 15) is 4.79 Å². The zero-order valence-electron chi connectivity index (χ0n) is 18.3. The third-order valence-electron chi connectivity index (χ3n) is 6.33. The molecule has 0 spiro atoms. The van der Waals surface area contributed by atoms with Crippen LogP contribution in [0.25, 0.3) is 10.9 Å². The van der Waals surface area contributed by atoms with Crippen molar-refractivity contribution in [3.05, 3.63) is 94.6 Å². The van der Waals surface area contributed by atoms with E-state index in [-0.39, 0.29) is 11.6 Å². The number of rotatable bonds is 6. The molecule has 0 amide bonds. The molecule has 1 fully saturated rings. The Kier molecular flexibility index (Phi) is 6.37. The molecule has 33 heavy (non-hydrogen) atoms. The van der Waals surface area contributed by atoms with Gasteiger partial charge in [0.15, 0.2) is 0 Å². The molecule has 1 saturated heterocycles. The summed E-state index contributed by atoms with van der Waals surface area (Å²) in [5.74, 6) is 0.906. The maximum Gasteiger partial charge on any atom is 0.261 e. The van der Waals surface area contributed by atoms with Gasteiger partial charge in [-0.2, -0.15) is 0 Å². The van der Waals surface area contributed by atoms with Gasteiger partial charge in [0.25, 0.3) is 5.56 Å². The Morgan fingerprint density at radius 2 is 1.79 bits per heavy atom. The number of hydrogen-bond acceptors (Lipinski definition) is 5. The van der Waals surface area contributed by atoms with Crippen molar-refractivity contribution in [2.24, 2.45) is 0 Å². The lowest BCUT2D eigenvalue weighted by atomic mass is 10.0. The van der Waals surface area contributed by atoms with E-state index < -0.39 is 0 Å². The van der Waals surface area contributed by atoms with Gasteiger partial charge in [0.1, 0.15) is 5.82 Å². The second kappa shape index (κ2) is 9.73. The van der Waals surface area contributed by atoms with Crippen LogP contribution in [0.2, 0.25) is 5.02 Å². The molecule has 0 radical (unpaired) electrons. The molecule has 3 heterocycles. The lowest BCUT2D eigenvalue weighted by molar-refractivity contribution is 0.188. The van der Waals surface area contributed by atoms with Crippen molar-refractivity contribution >= 4 is 34.0 Å². The first-order valence-corrected chi connectivity index (χ1v) is 11.7. The zero-order chi connectivity index (χ0) is 22.6. The van der Waals surface area contributed by atoms with E-state index in [0.29, 0.717) is 10.4 Å². The monoisotopic (exact) mass is 459 g/mol. The number of halogens is 1. The van der Waals surface area contributed by atoms with Gasteiger partial charge in [-0.25, -0.2) is 9.97 Å². The van der Waals surface area contributed by atoms with Gasteiger partial charge < -0.3 is 9.80 Å². The second-order valence-corrected chi connectivity index (χ2v) is 8.80. The van der Waals surface area contributed by atoms with E-state index in [0.717, 1.165) is 56.0 Å². The summed E-state index contributed by atoms with van der Waals surface area (Å²) in [5, 5.41) is 1.40. The molecule has 5 rings (SSSR count). The molecule has 168 valence electrons. The predicted molar refractivity (Wildman–Crippen MR) is 133 cm³/mol. The first-order valence-electron chi connectivity index (χ1n) is 11.3. The van der Waals surface area contributed by atoms with E-state index in [4.69, 9.17) is 11.6 Å². The Bertz CT molecular complexity index is 1280. The average molecular weight is 460 g/mol. The molecule has 0 unspecified atom stereocenters. The maximum atomic E-state index is 13.0. The lowest BCUT2D eigenvalue weighted by Crippen LogP contribution is -2.40. The van der Waals surface area contributed by atoms with Gasteiger partial charge in [-0.1, -0.05) is 35.9 Å². The predicted octanol–water partition coefficient (Wildman–Crippen LogP) is 4.92. The third-order valence-corrected chi connectivity index (χ3v) is 6.56. The topological polar surface area (TPSA) is 54.3 Å². The van der Waals surface area contributed by atoms with Gasteiger partial charge in [-0.05, 0) is 55.3 Å². The van der Waals surface area contributed by atoms with Crippen molar-refractivity contribution in [2.45, 2.75) is 18.9 Å². The molecular weight excluding hydrogens is 434 g/mol. The molecule has 4 aromatic rings. The highest BCUT2D eigenvalue weighted by Crippen LogP contribution is 2.27. The minimum Gasteiger partial charge on any atom is -0.325 e. The van der Waals surface area contributed by atoms with Gasteiger partial charge in [0, 0.05) is 49.1 Å². The van der Waals surface area contributed by atoms with Gasteiger partial charge in [-0.3, -0.25) is 9.36 Å². The number of aromatic nitrogens is 3. The highest BCUT2D eigenvalue weighted by molar-refractivity contribution is 6.30. The summed E-state index contributed by atoms with van der Waals surface area (Å²) in [6.45, 7) is 3.59. The molecule has 6 nitrogen and oxygen atoms in total. The number of benzene rings is 2. The summed E-state index contributed by atoms with van der Waals surface area (Å²) >= 11 is 6.26. The number of piperidine rings is 1. The van der Waals surface area contributed by atoms with Crippen LogP contribution in [0.1, 0.15) is 18.9 Å². The van der Waals surface area contributed by atoms with Crippen molar-refractivity contribution in [1.29, 1.82) is 0 Å². The molecule has 2 aromatic carbocycles.